The lowest BCUT2D eigenvalue weighted by Gasteiger charge is -2.35. The number of carbonyl (C=O) groups excluding carboxylic acids is 1. The molecular formula is C18H21FN2O2S. The molecule has 1 amide bonds. The second-order valence-electron chi connectivity index (χ2n) is 5.78. The van der Waals surface area contributed by atoms with Crippen molar-refractivity contribution in [1.82, 2.24) is 10.2 Å². The second kappa shape index (κ2) is 8.37. The highest BCUT2D eigenvalue weighted by Gasteiger charge is 2.23. The molecule has 1 atom stereocenters. The molecule has 24 heavy (non-hydrogen) atoms. The molecule has 0 saturated carbocycles. The summed E-state index contributed by atoms with van der Waals surface area (Å²) in [6.07, 6.45) is 0.400. The molecule has 1 N–H and O–H groups in total. The van der Waals surface area contributed by atoms with Gasteiger partial charge in [-0.25, -0.2) is 4.39 Å². The van der Waals surface area contributed by atoms with E-state index in [1.165, 1.54) is 12.1 Å². The van der Waals surface area contributed by atoms with Crippen molar-refractivity contribution in [3.05, 3.63) is 58.0 Å². The lowest BCUT2D eigenvalue weighted by Crippen LogP contribution is -2.44. The predicted molar refractivity (Wildman–Crippen MR) is 92.6 cm³/mol. The summed E-state index contributed by atoms with van der Waals surface area (Å²) in [6, 6.07) is 10.5. The molecule has 0 radical (unpaired) electrons. The van der Waals surface area contributed by atoms with E-state index in [9.17, 15) is 9.18 Å². The van der Waals surface area contributed by atoms with Crippen molar-refractivity contribution in [3.63, 3.8) is 0 Å². The van der Waals surface area contributed by atoms with Gasteiger partial charge in [0.15, 0.2) is 0 Å². The fraction of sp³-hybridized carbons (Fsp3) is 0.389. The number of ether oxygens (including phenoxy) is 1. The number of halogens is 1. The van der Waals surface area contributed by atoms with Crippen molar-refractivity contribution in [2.45, 2.75) is 12.5 Å². The molecule has 4 nitrogen and oxygen atoms in total. The Morgan fingerprint density at radius 2 is 2.00 bits per heavy atom. The van der Waals surface area contributed by atoms with Crippen LogP contribution in [0.2, 0.25) is 0 Å². The number of nitrogens with zero attached hydrogens (tertiary/aromatic N) is 1. The van der Waals surface area contributed by atoms with Crippen LogP contribution in [-0.4, -0.2) is 43.7 Å². The molecule has 0 unspecified atom stereocenters. The second-order valence-corrected chi connectivity index (χ2v) is 6.81. The van der Waals surface area contributed by atoms with Crippen molar-refractivity contribution in [1.29, 1.82) is 0 Å². The maximum Gasteiger partial charge on any atom is 0.225 e. The molecule has 6 heteroatoms. The largest absolute Gasteiger partial charge is 0.379 e. The summed E-state index contributed by atoms with van der Waals surface area (Å²) >= 11 is 1.58. The van der Waals surface area contributed by atoms with E-state index in [1.807, 2.05) is 17.5 Å². The van der Waals surface area contributed by atoms with Gasteiger partial charge in [-0.15, -0.1) is 11.3 Å². The van der Waals surface area contributed by atoms with Crippen LogP contribution in [-0.2, 0) is 16.0 Å². The van der Waals surface area contributed by atoms with Crippen LogP contribution in [0.5, 0.6) is 0 Å². The van der Waals surface area contributed by atoms with E-state index in [1.54, 1.807) is 23.5 Å². The molecule has 3 rings (SSSR count). The number of morpholine rings is 1. The fourth-order valence-corrected chi connectivity index (χ4v) is 3.58. The van der Waals surface area contributed by atoms with E-state index in [4.69, 9.17) is 4.74 Å². The Bertz CT molecular complexity index is 640. The van der Waals surface area contributed by atoms with Gasteiger partial charge in [-0.2, -0.15) is 0 Å². The predicted octanol–water partition coefficient (Wildman–Crippen LogP) is 2.62. The number of hydrogen-bond acceptors (Lipinski definition) is 4. The number of thiophene rings is 1. The van der Waals surface area contributed by atoms with Gasteiger partial charge in [0.25, 0.3) is 0 Å². The van der Waals surface area contributed by atoms with E-state index in [2.05, 4.69) is 10.2 Å². The standard InChI is InChI=1S/C18H21FN2O2S/c19-15-5-3-14(4-6-15)17(21-7-9-23-10-8-21)13-20-18(22)12-16-2-1-11-24-16/h1-6,11,17H,7-10,12-13H2,(H,20,22)/t17-/m1/s1. The third kappa shape index (κ3) is 4.63. The Morgan fingerprint density at radius 3 is 2.67 bits per heavy atom. The zero-order chi connectivity index (χ0) is 16.8. The number of carbonyl (C=O) groups is 1. The van der Waals surface area contributed by atoms with E-state index in [0.29, 0.717) is 26.2 Å². The van der Waals surface area contributed by atoms with Gasteiger partial charge < -0.3 is 10.1 Å². The van der Waals surface area contributed by atoms with Crippen LogP contribution < -0.4 is 5.32 Å². The highest BCUT2D eigenvalue weighted by atomic mass is 32.1. The first-order chi connectivity index (χ1) is 11.7. The Kier molecular flexibility index (Phi) is 5.96. The summed E-state index contributed by atoms with van der Waals surface area (Å²) in [6.45, 7) is 3.49. The fourth-order valence-electron chi connectivity index (χ4n) is 2.88. The Morgan fingerprint density at radius 1 is 1.25 bits per heavy atom. The van der Waals surface area contributed by atoms with E-state index < -0.39 is 0 Å². The number of hydrogen-bond donors (Lipinski definition) is 1. The first kappa shape index (κ1) is 17.1. The molecule has 2 aromatic rings. The molecule has 1 saturated heterocycles. The molecule has 0 aliphatic carbocycles. The van der Waals surface area contributed by atoms with Crippen LogP contribution in [0.3, 0.4) is 0 Å². The molecule has 1 aliphatic heterocycles. The van der Waals surface area contributed by atoms with Crippen LogP contribution in [0.25, 0.3) is 0 Å². The van der Waals surface area contributed by atoms with E-state index in [-0.39, 0.29) is 17.8 Å². The van der Waals surface area contributed by atoms with Crippen molar-refractivity contribution in [3.8, 4) is 0 Å². The molecule has 1 aliphatic rings. The van der Waals surface area contributed by atoms with Gasteiger partial charge in [0.1, 0.15) is 5.82 Å². The van der Waals surface area contributed by atoms with Crippen LogP contribution in [0.4, 0.5) is 4.39 Å². The van der Waals surface area contributed by atoms with Gasteiger partial charge in [0.2, 0.25) is 5.91 Å². The van der Waals surface area contributed by atoms with Crippen LogP contribution in [0.1, 0.15) is 16.5 Å². The van der Waals surface area contributed by atoms with Crippen molar-refractivity contribution in [2.75, 3.05) is 32.8 Å². The first-order valence-electron chi connectivity index (χ1n) is 8.09. The number of amides is 1. The van der Waals surface area contributed by atoms with E-state index in [0.717, 1.165) is 23.5 Å². The summed E-state index contributed by atoms with van der Waals surface area (Å²) in [5, 5.41) is 4.99. The van der Waals surface area contributed by atoms with Gasteiger partial charge in [-0.1, -0.05) is 18.2 Å². The summed E-state index contributed by atoms with van der Waals surface area (Å²) in [4.78, 5) is 15.5. The minimum atomic E-state index is -0.249. The molecule has 2 heterocycles. The Labute approximate surface area is 145 Å². The molecule has 1 aromatic carbocycles. The monoisotopic (exact) mass is 348 g/mol. The Hall–Kier alpha value is -1.76. The molecule has 1 fully saturated rings. The van der Waals surface area contributed by atoms with Crippen LogP contribution in [0.15, 0.2) is 41.8 Å². The van der Waals surface area contributed by atoms with Gasteiger partial charge in [-0.3, -0.25) is 9.69 Å². The molecule has 0 bridgehead atoms. The minimum Gasteiger partial charge on any atom is -0.379 e. The Balaban J connectivity index is 1.65. The average Bonchev–Trinajstić information content (AvgIpc) is 3.10. The van der Waals surface area contributed by atoms with Crippen LogP contribution in [0, 0.1) is 5.82 Å². The average molecular weight is 348 g/mol. The maximum atomic E-state index is 13.2. The van der Waals surface area contributed by atoms with Crippen molar-refractivity contribution in [2.24, 2.45) is 0 Å². The summed E-state index contributed by atoms with van der Waals surface area (Å²) in [7, 11) is 0. The summed E-state index contributed by atoms with van der Waals surface area (Å²) in [5.74, 6) is -0.237. The van der Waals surface area contributed by atoms with Gasteiger partial charge in [0.05, 0.1) is 25.7 Å². The van der Waals surface area contributed by atoms with Crippen LogP contribution >= 0.6 is 11.3 Å². The molecule has 128 valence electrons. The van der Waals surface area contributed by atoms with Gasteiger partial charge >= 0.3 is 0 Å². The number of nitrogens with one attached hydrogen (secondary N) is 1. The van der Waals surface area contributed by atoms with Crippen molar-refractivity contribution < 1.29 is 13.9 Å². The number of rotatable bonds is 6. The highest BCUT2D eigenvalue weighted by Crippen LogP contribution is 2.21. The van der Waals surface area contributed by atoms with E-state index >= 15 is 0 Å². The topological polar surface area (TPSA) is 41.6 Å². The molecular weight excluding hydrogens is 327 g/mol. The summed E-state index contributed by atoms with van der Waals surface area (Å²) in [5.41, 5.74) is 1.01. The quantitative estimate of drug-likeness (QED) is 0.873. The minimum absolute atomic E-state index is 0.0119. The maximum absolute atomic E-state index is 13.2. The summed E-state index contributed by atoms with van der Waals surface area (Å²) < 4.78 is 18.6. The normalized spacial score (nSPS) is 16.7. The van der Waals surface area contributed by atoms with Gasteiger partial charge in [-0.05, 0) is 29.1 Å². The zero-order valence-corrected chi connectivity index (χ0v) is 14.2. The lowest BCUT2D eigenvalue weighted by atomic mass is 10.0. The SMILES string of the molecule is O=C(Cc1cccs1)NC[C@H](c1ccc(F)cc1)N1CCOCC1. The van der Waals surface area contributed by atoms with Crippen molar-refractivity contribution >= 4 is 17.2 Å². The third-order valence-corrected chi connectivity index (χ3v) is 5.03. The van der Waals surface area contributed by atoms with Gasteiger partial charge in [0, 0.05) is 24.5 Å². The number of benzene rings is 1. The smallest absolute Gasteiger partial charge is 0.225 e. The third-order valence-electron chi connectivity index (χ3n) is 4.15. The highest BCUT2D eigenvalue weighted by molar-refractivity contribution is 7.10. The molecule has 1 aromatic heterocycles. The lowest BCUT2D eigenvalue weighted by molar-refractivity contribution is -0.120. The molecule has 0 spiro atoms. The zero-order valence-electron chi connectivity index (χ0n) is 13.4. The first-order valence-corrected chi connectivity index (χ1v) is 8.96.